The molecular weight excluding hydrogens is 780 g/mol. The van der Waals surface area contributed by atoms with Gasteiger partial charge in [-0.25, -0.2) is 19.9 Å². The van der Waals surface area contributed by atoms with Gasteiger partial charge in [-0.3, -0.25) is 9.46 Å². The first-order valence-corrected chi connectivity index (χ1v) is 19.0. The van der Waals surface area contributed by atoms with Crippen LogP contribution in [0.5, 0.6) is 0 Å². The minimum atomic E-state index is -4.42. The summed E-state index contributed by atoms with van der Waals surface area (Å²) in [6.07, 6.45) is -1.11. The van der Waals surface area contributed by atoms with Crippen LogP contribution >= 0.6 is 15.0 Å². The van der Waals surface area contributed by atoms with E-state index in [1.54, 1.807) is 68.4 Å². The van der Waals surface area contributed by atoms with Crippen molar-refractivity contribution in [3.63, 3.8) is 0 Å². The van der Waals surface area contributed by atoms with Gasteiger partial charge in [0.1, 0.15) is 10.9 Å². The summed E-state index contributed by atoms with van der Waals surface area (Å²) < 4.78 is 36.1. The first-order valence-electron chi connectivity index (χ1n) is 15.7. The molecule has 0 aromatic carbocycles. The third kappa shape index (κ3) is 15.5. The molecule has 0 spiro atoms. The predicted molar refractivity (Wildman–Crippen MR) is 175 cm³/mol. The maximum atomic E-state index is 13.4. The Morgan fingerprint density at radius 1 is 0.704 bits per heavy atom. The van der Waals surface area contributed by atoms with Gasteiger partial charge in [-0.2, -0.15) is 0 Å². The molecule has 0 bridgehead atoms. The molecular formula is C33H35N5Na4O10P2. The zero-order chi connectivity index (χ0) is 36.3. The number of carbonyl (C=O) groups excluding carboxylic acids is 2. The van der Waals surface area contributed by atoms with E-state index in [0.717, 1.165) is 0 Å². The van der Waals surface area contributed by atoms with Crippen LogP contribution in [-0.4, -0.2) is 68.8 Å². The van der Waals surface area contributed by atoms with Gasteiger partial charge >= 0.3 is 118 Å². The fourth-order valence-electron chi connectivity index (χ4n) is 5.10. The summed E-state index contributed by atoms with van der Waals surface area (Å²) in [5, 5.41) is 35.0. The van der Waals surface area contributed by atoms with Gasteiger partial charge in [0.05, 0.1) is 59.4 Å². The van der Waals surface area contributed by atoms with E-state index in [0.29, 0.717) is 28.5 Å². The molecule has 0 fully saturated rings. The molecule has 0 saturated carbocycles. The third-order valence-corrected chi connectivity index (χ3v) is 11.1. The van der Waals surface area contributed by atoms with Crippen molar-refractivity contribution in [1.82, 2.24) is 24.8 Å². The molecule has 4 rings (SSSR count). The molecule has 4 aromatic heterocycles. The van der Waals surface area contributed by atoms with Crippen LogP contribution < -0.4 is 149 Å². The zero-order valence-corrected chi connectivity index (χ0v) is 41.2. The molecule has 0 aliphatic carbocycles. The smallest absolute Gasteiger partial charge is 0.854 e. The second-order valence-electron chi connectivity index (χ2n) is 10.9. The van der Waals surface area contributed by atoms with Crippen molar-refractivity contribution in [1.29, 1.82) is 0 Å². The number of carbonyl (C=O) groups is 2. The Morgan fingerprint density at radius 3 is 1.59 bits per heavy atom. The zero-order valence-electron chi connectivity index (χ0n) is 31.4. The van der Waals surface area contributed by atoms with E-state index in [1.807, 2.05) is 0 Å². The second-order valence-corrected chi connectivity index (χ2v) is 15.1. The second kappa shape index (κ2) is 26.0. The van der Waals surface area contributed by atoms with Crippen molar-refractivity contribution in [2.75, 3.05) is 26.0 Å². The van der Waals surface area contributed by atoms with Crippen LogP contribution in [-0.2, 0) is 40.9 Å². The average molecular weight is 816 g/mol. The molecule has 21 heteroatoms. The monoisotopic (exact) mass is 815 g/mol. The van der Waals surface area contributed by atoms with E-state index in [2.05, 4.69) is 19.9 Å². The maximum Gasteiger partial charge on any atom is 1.00 e. The average Bonchev–Trinajstić information content (AvgIpc) is 3.08. The third-order valence-electron chi connectivity index (χ3n) is 7.32. The molecule has 4 heterocycles. The number of aromatic nitrogens is 4. The molecule has 0 saturated heterocycles. The van der Waals surface area contributed by atoms with Crippen LogP contribution in [0.25, 0.3) is 22.8 Å². The van der Waals surface area contributed by atoms with E-state index in [4.69, 9.17) is 9.05 Å². The Labute approximate surface area is 402 Å². The molecule has 15 nitrogen and oxygen atoms in total. The van der Waals surface area contributed by atoms with Gasteiger partial charge in [-0.05, 0) is 75.2 Å². The SMILES string of the molecule is CCOP(=O)([O-])c1cccc(-c2cccc(CN(Cc3cccc(-c4cccc(P(=O)(CC[O-])OCC)n4)n3)C(CCC(=O)[O-])C(=O)[O-])n2)n1.[Na+].[Na+].[Na+].[Na+]. The Morgan fingerprint density at radius 2 is 1.15 bits per heavy atom. The fourth-order valence-corrected chi connectivity index (χ4v) is 7.79. The molecule has 0 N–H and O–H groups in total. The predicted octanol–water partition coefficient (Wildman–Crippen LogP) is -12.2. The van der Waals surface area contributed by atoms with Crippen molar-refractivity contribution < 1.29 is 166 Å². The largest absolute Gasteiger partial charge is 1.00 e. The van der Waals surface area contributed by atoms with Gasteiger partial charge in [0.25, 0.3) is 0 Å². The molecule has 4 aromatic rings. The molecule has 54 heavy (non-hydrogen) atoms. The quantitative estimate of drug-likeness (QED) is 0.0632. The van der Waals surface area contributed by atoms with Crippen LogP contribution in [0.1, 0.15) is 38.1 Å². The van der Waals surface area contributed by atoms with Crippen LogP contribution in [0.3, 0.4) is 0 Å². The Bertz CT molecular complexity index is 1910. The Hall–Kier alpha value is -0.200. The maximum absolute atomic E-state index is 13.4. The number of pyridine rings is 4. The minimum absolute atomic E-state index is 0. The van der Waals surface area contributed by atoms with E-state index in [9.17, 15) is 38.9 Å². The first-order chi connectivity index (χ1) is 23.9. The number of rotatable bonds is 19. The number of carboxylic acid groups (broad SMARTS) is 2. The summed E-state index contributed by atoms with van der Waals surface area (Å²) in [4.78, 5) is 55.5. The van der Waals surface area contributed by atoms with Crippen LogP contribution in [0, 0.1) is 0 Å². The molecule has 266 valence electrons. The summed E-state index contributed by atoms with van der Waals surface area (Å²) in [6, 6.07) is 17.6. The van der Waals surface area contributed by atoms with E-state index < -0.39 is 46.0 Å². The Kier molecular flexibility index (Phi) is 25.9. The number of hydrogen-bond donors (Lipinski definition) is 0. The number of carboxylic acids is 2. The molecule has 3 unspecified atom stereocenters. The molecule has 0 radical (unpaired) electrons. The normalized spacial score (nSPS) is 13.4. The Balaban J connectivity index is 0.00000702. The summed E-state index contributed by atoms with van der Waals surface area (Å²) in [5.41, 5.74) is 1.83. The molecule has 0 amide bonds. The topological polar surface area (TPSA) is 234 Å². The van der Waals surface area contributed by atoms with Crippen molar-refractivity contribution in [2.24, 2.45) is 0 Å². The van der Waals surface area contributed by atoms with E-state index in [1.165, 1.54) is 23.1 Å². The van der Waals surface area contributed by atoms with Gasteiger partial charge in [-0.15, -0.1) is 6.61 Å². The standard InChI is InChI=1S/C33H38N5O10P2.4Na/c1-3-47-49(44,20-19-39)30-15-7-13-27(36-30)25-11-5-9-23(34-25)21-38(29(33(42)43)17-18-32(40)41)22-24-10-6-12-26(35-24)28-14-8-16-31(37-28)50(45,46)48-4-2;;;;/h5-16,29H,3-4,17-22H2,1-2H3,(H,40,41)(H,42,43)(H,45,46);;;;/q-1;4*+1/p-3. The van der Waals surface area contributed by atoms with Gasteiger partial charge in [0.15, 0.2) is 7.60 Å². The van der Waals surface area contributed by atoms with Gasteiger partial charge < -0.3 is 43.4 Å². The van der Waals surface area contributed by atoms with Gasteiger partial charge in [0, 0.05) is 25.2 Å². The van der Waals surface area contributed by atoms with Crippen molar-refractivity contribution in [3.05, 3.63) is 84.2 Å². The number of hydrogen-bond acceptors (Lipinski definition) is 15. The molecule has 0 aliphatic rings. The van der Waals surface area contributed by atoms with Crippen LogP contribution in [0.4, 0.5) is 0 Å². The summed E-state index contributed by atoms with van der Waals surface area (Å²) in [6.45, 7) is 2.46. The molecule has 0 aliphatic heterocycles. The van der Waals surface area contributed by atoms with E-state index in [-0.39, 0.29) is 174 Å². The summed E-state index contributed by atoms with van der Waals surface area (Å²) in [5.74, 6) is -2.95. The first kappa shape index (κ1) is 53.8. The van der Waals surface area contributed by atoms with Crippen molar-refractivity contribution >= 4 is 37.8 Å². The van der Waals surface area contributed by atoms with Crippen LogP contribution in [0.15, 0.2) is 72.8 Å². The number of nitrogens with zero attached hydrogens (tertiary/aromatic N) is 5. The van der Waals surface area contributed by atoms with Gasteiger partial charge in [0.2, 0.25) is 7.37 Å². The minimum Gasteiger partial charge on any atom is -0.854 e. The molecule has 3 atom stereocenters. The summed E-state index contributed by atoms with van der Waals surface area (Å²) >= 11 is 0. The summed E-state index contributed by atoms with van der Waals surface area (Å²) in [7, 11) is -7.92. The fraction of sp³-hybridized carbons (Fsp3) is 0.333. The number of aliphatic carboxylic acids is 2. The van der Waals surface area contributed by atoms with Crippen molar-refractivity contribution in [3.8, 4) is 22.8 Å². The van der Waals surface area contributed by atoms with Gasteiger partial charge in [-0.1, -0.05) is 24.3 Å². The van der Waals surface area contributed by atoms with E-state index >= 15 is 0 Å². The van der Waals surface area contributed by atoms with Crippen LogP contribution in [0.2, 0.25) is 0 Å². The van der Waals surface area contributed by atoms with Crippen molar-refractivity contribution in [2.45, 2.75) is 45.8 Å².